The van der Waals surface area contributed by atoms with Gasteiger partial charge in [-0.1, -0.05) is 0 Å². The molecule has 74 valence electrons. The Morgan fingerprint density at radius 2 is 2.07 bits per heavy atom. The van der Waals surface area contributed by atoms with Crippen LogP contribution in [0.4, 0.5) is 13.2 Å². The molecule has 0 saturated carbocycles. The highest BCUT2D eigenvalue weighted by atomic mass is 19.4. The number of nitriles is 1. The van der Waals surface area contributed by atoms with Crippen LogP contribution in [0.25, 0.3) is 0 Å². The number of nitrogens with zero attached hydrogens (tertiary/aromatic N) is 1. The third-order valence-electron chi connectivity index (χ3n) is 1.42. The first-order valence-electron chi connectivity index (χ1n) is 3.50. The molecule has 1 aliphatic rings. The first-order valence-corrected chi connectivity index (χ1v) is 3.50. The zero-order valence-electron chi connectivity index (χ0n) is 6.76. The average Bonchev–Trinajstić information content (AvgIpc) is 2.02. The van der Waals surface area contributed by atoms with Gasteiger partial charge in [-0.15, -0.1) is 0 Å². The van der Waals surface area contributed by atoms with Crippen LogP contribution in [0.1, 0.15) is 0 Å². The van der Waals surface area contributed by atoms with Gasteiger partial charge in [0.2, 0.25) is 0 Å². The molecule has 2 N–H and O–H groups in total. The van der Waals surface area contributed by atoms with E-state index in [4.69, 9.17) is 10.4 Å². The molecule has 14 heavy (non-hydrogen) atoms. The summed E-state index contributed by atoms with van der Waals surface area (Å²) in [4.78, 5) is 0. The minimum Gasteiger partial charge on any atom is -0.495 e. The summed E-state index contributed by atoms with van der Waals surface area (Å²) in [5.74, 6) is -0.638. The Balaban J connectivity index is 3.07. The molecule has 6 heteroatoms. The van der Waals surface area contributed by atoms with Crippen LogP contribution in [-0.2, 0) is 0 Å². The van der Waals surface area contributed by atoms with Crippen LogP contribution < -0.4 is 5.32 Å². The van der Waals surface area contributed by atoms with Crippen molar-refractivity contribution < 1.29 is 18.3 Å². The Morgan fingerprint density at radius 1 is 1.43 bits per heavy atom. The fourth-order valence-electron chi connectivity index (χ4n) is 0.887. The summed E-state index contributed by atoms with van der Waals surface area (Å²) >= 11 is 0. The van der Waals surface area contributed by atoms with Crippen LogP contribution in [0.3, 0.4) is 0 Å². The van der Waals surface area contributed by atoms with E-state index in [0.29, 0.717) is 6.08 Å². The van der Waals surface area contributed by atoms with Gasteiger partial charge < -0.3 is 10.4 Å². The third-order valence-corrected chi connectivity index (χ3v) is 1.42. The number of hydrogen-bond donors (Lipinski definition) is 2. The normalized spacial score (nSPS) is 19.4. The minimum atomic E-state index is -4.54. The monoisotopic (exact) mass is 202 g/mol. The Kier molecular flexibility index (Phi) is 2.51. The van der Waals surface area contributed by atoms with Crippen molar-refractivity contribution in [2.24, 2.45) is 0 Å². The van der Waals surface area contributed by atoms with Gasteiger partial charge in [0, 0.05) is 12.2 Å². The van der Waals surface area contributed by atoms with E-state index in [0.717, 1.165) is 12.2 Å². The number of aliphatic hydroxyl groups excluding tert-OH is 1. The Hall–Kier alpha value is -1.90. The standard InChI is InChI=1S/C8H5F3N2O/c9-8(10,11)5-3-6(1-2-12)13-7(14)4-5/h1,3-4,13-14H/b6-1+. The molecule has 0 spiro atoms. The summed E-state index contributed by atoms with van der Waals surface area (Å²) in [5, 5.41) is 19.3. The molecule has 3 nitrogen and oxygen atoms in total. The van der Waals surface area contributed by atoms with E-state index in [-0.39, 0.29) is 5.70 Å². The highest BCUT2D eigenvalue weighted by Crippen LogP contribution is 2.29. The van der Waals surface area contributed by atoms with Gasteiger partial charge in [0.1, 0.15) is 0 Å². The van der Waals surface area contributed by atoms with Crippen LogP contribution in [-0.4, -0.2) is 11.3 Å². The summed E-state index contributed by atoms with van der Waals surface area (Å²) in [6.45, 7) is 0. The molecule has 0 unspecified atom stereocenters. The van der Waals surface area contributed by atoms with E-state index < -0.39 is 17.6 Å². The zero-order chi connectivity index (χ0) is 10.8. The highest BCUT2D eigenvalue weighted by Gasteiger charge is 2.34. The first kappa shape index (κ1) is 10.2. The van der Waals surface area contributed by atoms with Gasteiger partial charge in [-0.05, 0) is 6.08 Å². The smallest absolute Gasteiger partial charge is 0.416 e. The number of halogens is 3. The molecule has 0 fully saturated rings. The van der Waals surface area contributed by atoms with Gasteiger partial charge in [0.25, 0.3) is 0 Å². The van der Waals surface area contributed by atoms with Crippen molar-refractivity contribution in [3.63, 3.8) is 0 Å². The second-order valence-electron chi connectivity index (χ2n) is 2.48. The fourth-order valence-corrected chi connectivity index (χ4v) is 0.887. The summed E-state index contributed by atoms with van der Waals surface area (Å²) < 4.78 is 36.5. The van der Waals surface area contributed by atoms with Crippen molar-refractivity contribution in [2.75, 3.05) is 0 Å². The molecule has 0 aliphatic carbocycles. The molecule has 0 atom stereocenters. The average molecular weight is 202 g/mol. The minimum absolute atomic E-state index is 0.0974. The molecule has 0 amide bonds. The molecular formula is C8H5F3N2O. The number of alkyl halides is 3. The summed E-state index contributed by atoms with van der Waals surface area (Å²) in [7, 11) is 0. The fraction of sp³-hybridized carbons (Fsp3) is 0.125. The quantitative estimate of drug-likeness (QED) is 0.589. The number of hydrogen-bond acceptors (Lipinski definition) is 3. The van der Waals surface area contributed by atoms with E-state index in [9.17, 15) is 13.2 Å². The molecule has 0 saturated heterocycles. The van der Waals surface area contributed by atoms with E-state index in [1.165, 1.54) is 0 Å². The maximum atomic E-state index is 12.2. The van der Waals surface area contributed by atoms with Crippen LogP contribution in [0, 0.1) is 11.3 Å². The number of aliphatic hydroxyl groups is 1. The topological polar surface area (TPSA) is 56.0 Å². The lowest BCUT2D eigenvalue weighted by molar-refractivity contribution is -0.0887. The van der Waals surface area contributed by atoms with E-state index >= 15 is 0 Å². The van der Waals surface area contributed by atoms with Crippen molar-refractivity contribution in [1.29, 1.82) is 5.26 Å². The Morgan fingerprint density at radius 3 is 2.57 bits per heavy atom. The lowest BCUT2D eigenvalue weighted by Gasteiger charge is -2.15. The number of rotatable bonds is 0. The first-order chi connectivity index (χ1) is 6.43. The Bertz CT molecular complexity index is 371. The second-order valence-corrected chi connectivity index (χ2v) is 2.48. The van der Waals surface area contributed by atoms with Crippen molar-refractivity contribution in [1.82, 2.24) is 5.32 Å². The molecule has 0 aromatic heterocycles. The summed E-state index contributed by atoms with van der Waals surface area (Å²) in [5.41, 5.74) is -1.10. The number of nitrogens with one attached hydrogen (secondary N) is 1. The van der Waals surface area contributed by atoms with Gasteiger partial charge in [0.05, 0.1) is 17.3 Å². The van der Waals surface area contributed by atoms with Crippen LogP contribution >= 0.6 is 0 Å². The van der Waals surface area contributed by atoms with Gasteiger partial charge in [0.15, 0.2) is 5.88 Å². The van der Waals surface area contributed by atoms with Crippen LogP contribution in [0.5, 0.6) is 0 Å². The molecule has 1 rings (SSSR count). The van der Waals surface area contributed by atoms with Crippen molar-refractivity contribution >= 4 is 0 Å². The van der Waals surface area contributed by atoms with Gasteiger partial charge in [-0.25, -0.2) is 0 Å². The van der Waals surface area contributed by atoms with Crippen LogP contribution in [0.2, 0.25) is 0 Å². The van der Waals surface area contributed by atoms with E-state index in [1.54, 1.807) is 6.07 Å². The molecule has 0 aromatic carbocycles. The lowest BCUT2D eigenvalue weighted by atomic mass is 10.1. The Labute approximate surface area is 77.5 Å². The number of allylic oxidation sites excluding steroid dienone is 4. The van der Waals surface area contributed by atoms with Crippen molar-refractivity contribution in [3.05, 3.63) is 35.4 Å². The van der Waals surface area contributed by atoms with Crippen LogP contribution in [0.15, 0.2) is 35.4 Å². The zero-order valence-corrected chi connectivity index (χ0v) is 6.76. The van der Waals surface area contributed by atoms with Gasteiger partial charge in [-0.3, -0.25) is 0 Å². The lowest BCUT2D eigenvalue weighted by Crippen LogP contribution is -2.21. The number of dihydropyridines is 1. The molecular weight excluding hydrogens is 197 g/mol. The molecule has 1 heterocycles. The molecule has 0 bridgehead atoms. The second kappa shape index (κ2) is 3.46. The maximum Gasteiger partial charge on any atom is 0.416 e. The largest absolute Gasteiger partial charge is 0.495 e. The highest BCUT2D eigenvalue weighted by molar-refractivity contribution is 5.40. The van der Waals surface area contributed by atoms with Crippen molar-refractivity contribution in [3.8, 4) is 6.07 Å². The third kappa shape index (κ3) is 2.29. The maximum absolute atomic E-state index is 12.2. The van der Waals surface area contributed by atoms with Crippen molar-refractivity contribution in [2.45, 2.75) is 6.18 Å². The van der Waals surface area contributed by atoms with E-state index in [2.05, 4.69) is 5.32 Å². The molecule has 1 aliphatic heterocycles. The predicted molar refractivity (Wildman–Crippen MR) is 41.7 cm³/mol. The molecule has 0 radical (unpaired) electrons. The van der Waals surface area contributed by atoms with E-state index in [1.807, 2.05) is 0 Å². The summed E-state index contributed by atoms with van der Waals surface area (Å²) in [6, 6.07) is 1.56. The van der Waals surface area contributed by atoms with Gasteiger partial charge in [-0.2, -0.15) is 18.4 Å². The summed E-state index contributed by atoms with van der Waals surface area (Å²) in [6.07, 6.45) is -2.38. The predicted octanol–water partition coefficient (Wildman–Crippen LogP) is 1.89. The van der Waals surface area contributed by atoms with Gasteiger partial charge >= 0.3 is 6.18 Å². The SMILES string of the molecule is N#C/C=C1\C=C(C(F)(F)F)C=C(O)N1. The molecule has 0 aromatic rings.